The van der Waals surface area contributed by atoms with Gasteiger partial charge in [0.15, 0.2) is 11.5 Å². The second-order valence-corrected chi connectivity index (χ2v) is 4.60. The maximum Gasteiger partial charge on any atom is 0.255 e. The molecule has 0 radical (unpaired) electrons. The number of rotatable bonds is 6. The summed E-state index contributed by atoms with van der Waals surface area (Å²) in [5.74, 6) is 0.938. The molecule has 0 saturated heterocycles. The summed E-state index contributed by atoms with van der Waals surface area (Å²) >= 11 is 0. The summed E-state index contributed by atoms with van der Waals surface area (Å²) in [6.45, 7) is 8.00. The van der Waals surface area contributed by atoms with Crippen molar-refractivity contribution in [3.8, 4) is 11.5 Å². The zero-order valence-electron chi connectivity index (χ0n) is 11.6. The molecule has 0 aromatic heterocycles. The standard InChI is InChI=1S/C15H19NO4/c1-11(2)10-18-7-6-16-15(17)12-4-3-5-13-14(12)20-9-8-19-13/h3-5H,1,6-10H2,2H3,(H,16,17). The zero-order valence-corrected chi connectivity index (χ0v) is 11.6. The van der Waals surface area contributed by atoms with Crippen molar-refractivity contribution in [3.63, 3.8) is 0 Å². The van der Waals surface area contributed by atoms with Gasteiger partial charge in [-0.3, -0.25) is 4.79 Å². The van der Waals surface area contributed by atoms with E-state index in [1.165, 1.54) is 0 Å². The summed E-state index contributed by atoms with van der Waals surface area (Å²) in [7, 11) is 0. The van der Waals surface area contributed by atoms with E-state index in [1.807, 2.05) is 6.92 Å². The van der Waals surface area contributed by atoms with Gasteiger partial charge in [-0.15, -0.1) is 0 Å². The lowest BCUT2D eigenvalue weighted by atomic mass is 10.1. The third-order valence-electron chi connectivity index (χ3n) is 2.69. The van der Waals surface area contributed by atoms with Crippen LogP contribution in [0.25, 0.3) is 0 Å². The molecule has 0 saturated carbocycles. The van der Waals surface area contributed by atoms with Crippen LogP contribution in [0.15, 0.2) is 30.4 Å². The number of hydrogen-bond acceptors (Lipinski definition) is 4. The molecule has 1 aliphatic rings. The number of hydrogen-bond donors (Lipinski definition) is 1. The Morgan fingerprint density at radius 3 is 3.00 bits per heavy atom. The first kappa shape index (κ1) is 14.4. The van der Waals surface area contributed by atoms with Gasteiger partial charge < -0.3 is 19.5 Å². The number of carbonyl (C=O) groups is 1. The largest absolute Gasteiger partial charge is 0.486 e. The van der Waals surface area contributed by atoms with Gasteiger partial charge in [0.1, 0.15) is 13.2 Å². The fourth-order valence-corrected chi connectivity index (χ4v) is 1.83. The number of fused-ring (bicyclic) bond motifs is 1. The van der Waals surface area contributed by atoms with Gasteiger partial charge in [0, 0.05) is 6.54 Å². The Morgan fingerprint density at radius 1 is 1.40 bits per heavy atom. The fourth-order valence-electron chi connectivity index (χ4n) is 1.83. The molecule has 0 unspecified atom stereocenters. The third-order valence-corrected chi connectivity index (χ3v) is 2.69. The molecule has 5 heteroatoms. The van der Waals surface area contributed by atoms with Gasteiger partial charge in [0.25, 0.3) is 5.91 Å². The molecule has 1 N–H and O–H groups in total. The average molecular weight is 277 g/mol. The number of amides is 1. The van der Waals surface area contributed by atoms with Crippen molar-refractivity contribution in [1.82, 2.24) is 5.32 Å². The van der Waals surface area contributed by atoms with Crippen LogP contribution >= 0.6 is 0 Å². The minimum atomic E-state index is -0.189. The summed E-state index contributed by atoms with van der Waals surface area (Å²) < 4.78 is 16.3. The maximum absolute atomic E-state index is 12.1. The van der Waals surface area contributed by atoms with E-state index in [-0.39, 0.29) is 5.91 Å². The normalized spacial score (nSPS) is 12.8. The highest BCUT2D eigenvalue weighted by atomic mass is 16.6. The van der Waals surface area contributed by atoms with E-state index in [0.717, 1.165) is 5.57 Å². The van der Waals surface area contributed by atoms with Gasteiger partial charge >= 0.3 is 0 Å². The van der Waals surface area contributed by atoms with E-state index < -0.39 is 0 Å². The van der Waals surface area contributed by atoms with Crippen molar-refractivity contribution in [2.45, 2.75) is 6.92 Å². The maximum atomic E-state index is 12.1. The van der Waals surface area contributed by atoms with Crippen LogP contribution in [-0.2, 0) is 4.74 Å². The van der Waals surface area contributed by atoms with Gasteiger partial charge in [0.05, 0.1) is 18.8 Å². The molecule has 5 nitrogen and oxygen atoms in total. The summed E-state index contributed by atoms with van der Waals surface area (Å²) in [6.07, 6.45) is 0. The molecule has 0 atom stereocenters. The Bertz CT molecular complexity index is 499. The van der Waals surface area contributed by atoms with Gasteiger partial charge in [-0.25, -0.2) is 0 Å². The number of benzene rings is 1. The van der Waals surface area contributed by atoms with Crippen molar-refractivity contribution in [2.75, 3.05) is 33.0 Å². The van der Waals surface area contributed by atoms with Crippen molar-refractivity contribution in [2.24, 2.45) is 0 Å². The van der Waals surface area contributed by atoms with E-state index in [4.69, 9.17) is 14.2 Å². The number of ether oxygens (including phenoxy) is 3. The third kappa shape index (κ3) is 3.74. The Kier molecular flexibility index (Phi) is 5.01. The SMILES string of the molecule is C=C(C)COCCNC(=O)c1cccc2c1OCCO2. The molecular weight excluding hydrogens is 258 g/mol. The van der Waals surface area contributed by atoms with E-state index in [2.05, 4.69) is 11.9 Å². The molecule has 108 valence electrons. The topological polar surface area (TPSA) is 56.8 Å². The molecule has 1 aromatic rings. The van der Waals surface area contributed by atoms with Crippen LogP contribution in [0.2, 0.25) is 0 Å². The minimum absolute atomic E-state index is 0.189. The first-order valence-corrected chi connectivity index (χ1v) is 6.57. The molecular formula is C15H19NO4. The van der Waals surface area contributed by atoms with E-state index >= 15 is 0 Å². The Balaban J connectivity index is 1.88. The minimum Gasteiger partial charge on any atom is -0.486 e. The van der Waals surface area contributed by atoms with Crippen LogP contribution < -0.4 is 14.8 Å². The zero-order chi connectivity index (χ0) is 14.4. The molecule has 1 aliphatic heterocycles. The predicted molar refractivity (Wildman–Crippen MR) is 75.4 cm³/mol. The highest BCUT2D eigenvalue weighted by Gasteiger charge is 2.19. The van der Waals surface area contributed by atoms with Gasteiger partial charge in [-0.1, -0.05) is 18.2 Å². The highest BCUT2D eigenvalue weighted by molar-refractivity contribution is 5.97. The molecule has 20 heavy (non-hydrogen) atoms. The lowest BCUT2D eigenvalue weighted by molar-refractivity contribution is 0.0916. The van der Waals surface area contributed by atoms with E-state index in [0.29, 0.717) is 50.0 Å². The summed E-state index contributed by atoms with van der Waals surface area (Å²) in [5.41, 5.74) is 1.45. The summed E-state index contributed by atoms with van der Waals surface area (Å²) in [6, 6.07) is 5.29. The summed E-state index contributed by atoms with van der Waals surface area (Å²) in [5, 5.41) is 2.79. The van der Waals surface area contributed by atoms with E-state index in [9.17, 15) is 4.79 Å². The number of para-hydroxylation sites is 1. The molecule has 0 fully saturated rings. The van der Waals surface area contributed by atoms with Crippen molar-refractivity contribution in [3.05, 3.63) is 35.9 Å². The highest BCUT2D eigenvalue weighted by Crippen LogP contribution is 2.33. The van der Waals surface area contributed by atoms with E-state index in [1.54, 1.807) is 18.2 Å². The van der Waals surface area contributed by atoms with Gasteiger partial charge in [-0.2, -0.15) is 0 Å². The Hall–Kier alpha value is -2.01. The van der Waals surface area contributed by atoms with Crippen LogP contribution in [-0.4, -0.2) is 38.9 Å². The van der Waals surface area contributed by atoms with Crippen LogP contribution in [0.4, 0.5) is 0 Å². The first-order valence-electron chi connectivity index (χ1n) is 6.57. The van der Waals surface area contributed by atoms with Crippen LogP contribution in [0, 0.1) is 0 Å². The van der Waals surface area contributed by atoms with Crippen LogP contribution in [0.5, 0.6) is 11.5 Å². The van der Waals surface area contributed by atoms with Crippen LogP contribution in [0.1, 0.15) is 17.3 Å². The molecule has 1 aromatic carbocycles. The van der Waals surface area contributed by atoms with Gasteiger partial charge in [0.2, 0.25) is 0 Å². The average Bonchev–Trinajstić information content (AvgIpc) is 2.45. The first-order chi connectivity index (χ1) is 9.68. The molecule has 0 bridgehead atoms. The van der Waals surface area contributed by atoms with Crippen LogP contribution in [0.3, 0.4) is 0 Å². The molecule has 1 amide bonds. The molecule has 2 rings (SSSR count). The monoisotopic (exact) mass is 277 g/mol. The fraction of sp³-hybridized carbons (Fsp3) is 0.400. The second-order valence-electron chi connectivity index (χ2n) is 4.60. The molecule has 1 heterocycles. The lowest BCUT2D eigenvalue weighted by Gasteiger charge is -2.20. The lowest BCUT2D eigenvalue weighted by Crippen LogP contribution is -2.28. The van der Waals surface area contributed by atoms with Crippen molar-refractivity contribution in [1.29, 1.82) is 0 Å². The number of carbonyl (C=O) groups excluding carboxylic acids is 1. The van der Waals surface area contributed by atoms with Crippen molar-refractivity contribution < 1.29 is 19.0 Å². The second kappa shape index (κ2) is 6.96. The van der Waals surface area contributed by atoms with Crippen molar-refractivity contribution >= 4 is 5.91 Å². The van der Waals surface area contributed by atoms with Gasteiger partial charge in [-0.05, 0) is 19.1 Å². The molecule has 0 spiro atoms. The smallest absolute Gasteiger partial charge is 0.255 e. The predicted octanol–water partition coefficient (Wildman–Crippen LogP) is 1.78. The molecule has 0 aliphatic carbocycles. The summed E-state index contributed by atoms with van der Waals surface area (Å²) in [4.78, 5) is 12.1. The Labute approximate surface area is 118 Å². The quantitative estimate of drug-likeness (QED) is 0.636. The number of nitrogens with one attached hydrogen (secondary N) is 1. The Morgan fingerprint density at radius 2 is 2.20 bits per heavy atom.